The smallest absolute Gasteiger partial charge is 0.242 e. The second kappa shape index (κ2) is 11.8. The zero-order chi connectivity index (χ0) is 24.0. The molecule has 0 bridgehead atoms. The number of anilines is 1. The summed E-state index contributed by atoms with van der Waals surface area (Å²) in [5.41, 5.74) is 13.7. The second-order valence-electron chi connectivity index (χ2n) is 10.3. The predicted molar refractivity (Wildman–Crippen MR) is 132 cm³/mol. The van der Waals surface area contributed by atoms with Crippen molar-refractivity contribution in [1.82, 2.24) is 15.6 Å². The second-order valence-corrected chi connectivity index (χ2v) is 10.3. The number of aromatic nitrogens is 1. The van der Waals surface area contributed by atoms with Crippen molar-refractivity contribution in [2.45, 2.75) is 97.2 Å². The molecule has 0 aromatic carbocycles. The number of amides is 2. The molecular formula is C26H43N5O2. The summed E-state index contributed by atoms with van der Waals surface area (Å²) in [7, 11) is 0. The molecule has 1 aromatic rings. The molecule has 184 valence electrons. The highest BCUT2D eigenvalue weighted by atomic mass is 16.2. The van der Waals surface area contributed by atoms with Crippen LogP contribution in [0.5, 0.6) is 0 Å². The molecule has 0 saturated heterocycles. The monoisotopic (exact) mass is 457 g/mol. The summed E-state index contributed by atoms with van der Waals surface area (Å²) in [5.74, 6) is 2.08. The Hall–Kier alpha value is -2.15. The molecule has 4 unspecified atom stereocenters. The largest absolute Gasteiger partial charge is 0.384 e. The van der Waals surface area contributed by atoms with Gasteiger partial charge in [-0.05, 0) is 55.1 Å². The minimum absolute atomic E-state index is 0.0645. The normalized spacial score (nSPS) is 25.4. The van der Waals surface area contributed by atoms with Crippen molar-refractivity contribution >= 4 is 17.6 Å². The Morgan fingerprint density at radius 2 is 1.85 bits per heavy atom. The number of hydrogen-bond donors (Lipinski definition) is 4. The Labute approximate surface area is 198 Å². The minimum Gasteiger partial charge on any atom is -0.384 e. The number of carbonyl (C=O) groups is 2. The van der Waals surface area contributed by atoms with Crippen LogP contribution >= 0.6 is 0 Å². The molecule has 0 radical (unpaired) electrons. The maximum absolute atomic E-state index is 13.3. The number of pyridine rings is 1. The molecule has 2 aliphatic carbocycles. The molecule has 2 saturated carbocycles. The Bertz CT molecular complexity index is 812. The molecule has 0 aliphatic heterocycles. The van der Waals surface area contributed by atoms with Crippen LogP contribution < -0.4 is 22.1 Å². The fraction of sp³-hybridized carbons (Fsp3) is 0.731. The third kappa shape index (κ3) is 6.69. The van der Waals surface area contributed by atoms with E-state index < -0.39 is 12.1 Å². The van der Waals surface area contributed by atoms with Gasteiger partial charge in [0.2, 0.25) is 11.8 Å². The summed E-state index contributed by atoms with van der Waals surface area (Å²) < 4.78 is 0. The van der Waals surface area contributed by atoms with Gasteiger partial charge in [-0.1, -0.05) is 64.9 Å². The summed E-state index contributed by atoms with van der Waals surface area (Å²) in [4.78, 5) is 30.5. The van der Waals surface area contributed by atoms with Crippen LogP contribution in [0.4, 0.5) is 5.82 Å². The van der Waals surface area contributed by atoms with Crippen LogP contribution in [0.2, 0.25) is 0 Å². The van der Waals surface area contributed by atoms with E-state index in [0.717, 1.165) is 30.0 Å². The average Bonchev–Trinajstić information content (AvgIpc) is 2.82. The van der Waals surface area contributed by atoms with E-state index in [2.05, 4.69) is 15.6 Å². The third-order valence-corrected chi connectivity index (χ3v) is 8.12. The van der Waals surface area contributed by atoms with E-state index in [1.807, 2.05) is 26.8 Å². The van der Waals surface area contributed by atoms with Crippen molar-refractivity contribution in [2.24, 2.45) is 29.4 Å². The van der Waals surface area contributed by atoms with Crippen LogP contribution in [-0.4, -0.2) is 28.9 Å². The standard InChI is InChI=1S/C26H43N5O2/c1-4-16(2)24(28)26(33)31-22(14-19-10-7-9-18-8-5-6-11-21(18)19)25(32)29-15-20-12-13-23(27)30-17(20)3/h12-13,16,18-19,21-22,24H,4-11,14-15,28H2,1-3H3,(H2,27,30)(H,29,32)(H,31,33)/t16?,18?,19?,21?,22-,24+/m0/s1. The highest BCUT2D eigenvalue weighted by molar-refractivity contribution is 5.89. The van der Waals surface area contributed by atoms with Gasteiger partial charge in [-0.2, -0.15) is 0 Å². The average molecular weight is 458 g/mol. The first-order valence-electron chi connectivity index (χ1n) is 12.9. The van der Waals surface area contributed by atoms with Gasteiger partial charge in [-0.3, -0.25) is 9.59 Å². The number of nitrogens with two attached hydrogens (primary N) is 2. The fourth-order valence-electron chi connectivity index (χ4n) is 5.78. The van der Waals surface area contributed by atoms with E-state index in [9.17, 15) is 9.59 Å². The van der Waals surface area contributed by atoms with Crippen molar-refractivity contribution in [3.8, 4) is 0 Å². The number of fused-ring (bicyclic) bond motifs is 1. The van der Waals surface area contributed by atoms with Crippen LogP contribution in [0.25, 0.3) is 0 Å². The van der Waals surface area contributed by atoms with Crippen molar-refractivity contribution in [3.63, 3.8) is 0 Å². The van der Waals surface area contributed by atoms with Gasteiger partial charge in [0.05, 0.1) is 6.04 Å². The molecule has 33 heavy (non-hydrogen) atoms. The molecule has 2 fully saturated rings. The van der Waals surface area contributed by atoms with Crippen LogP contribution in [0.1, 0.15) is 82.9 Å². The molecule has 3 rings (SSSR count). The van der Waals surface area contributed by atoms with Crippen LogP contribution in [0.15, 0.2) is 12.1 Å². The first-order valence-corrected chi connectivity index (χ1v) is 12.9. The number of nitrogens with one attached hydrogen (secondary N) is 2. The molecule has 7 heteroatoms. The van der Waals surface area contributed by atoms with Gasteiger partial charge in [0.1, 0.15) is 11.9 Å². The van der Waals surface area contributed by atoms with Crippen molar-refractivity contribution in [3.05, 3.63) is 23.4 Å². The zero-order valence-corrected chi connectivity index (χ0v) is 20.6. The molecule has 0 spiro atoms. The molecule has 1 aromatic heterocycles. The molecule has 7 nitrogen and oxygen atoms in total. The number of carbonyl (C=O) groups excluding carboxylic acids is 2. The lowest BCUT2D eigenvalue weighted by molar-refractivity contribution is -0.131. The molecular weight excluding hydrogens is 414 g/mol. The van der Waals surface area contributed by atoms with Gasteiger partial charge in [-0.15, -0.1) is 0 Å². The highest BCUT2D eigenvalue weighted by Gasteiger charge is 2.37. The zero-order valence-electron chi connectivity index (χ0n) is 20.6. The van der Waals surface area contributed by atoms with Crippen LogP contribution in [-0.2, 0) is 16.1 Å². The maximum Gasteiger partial charge on any atom is 0.242 e. The summed E-state index contributed by atoms with van der Waals surface area (Å²) in [6.45, 7) is 6.24. The van der Waals surface area contributed by atoms with E-state index in [4.69, 9.17) is 11.5 Å². The predicted octanol–water partition coefficient (Wildman–Crippen LogP) is 3.44. The lowest BCUT2D eigenvalue weighted by atomic mass is 9.64. The van der Waals surface area contributed by atoms with E-state index in [1.165, 1.54) is 38.5 Å². The molecule has 6 N–H and O–H groups in total. The molecule has 1 heterocycles. The van der Waals surface area contributed by atoms with Crippen LogP contribution in [0.3, 0.4) is 0 Å². The van der Waals surface area contributed by atoms with Gasteiger partial charge >= 0.3 is 0 Å². The van der Waals surface area contributed by atoms with Crippen molar-refractivity contribution in [1.29, 1.82) is 0 Å². The maximum atomic E-state index is 13.3. The number of hydrogen-bond acceptors (Lipinski definition) is 5. The van der Waals surface area contributed by atoms with Crippen LogP contribution in [0, 0.1) is 30.6 Å². The molecule has 2 amide bonds. The summed E-state index contributed by atoms with van der Waals surface area (Å²) in [6.07, 6.45) is 10.3. The summed E-state index contributed by atoms with van der Waals surface area (Å²) in [5, 5.41) is 6.06. The lowest BCUT2D eigenvalue weighted by Gasteiger charge is -2.42. The number of aryl methyl sites for hydroxylation is 1. The first kappa shape index (κ1) is 25.5. The third-order valence-electron chi connectivity index (χ3n) is 8.12. The van der Waals surface area contributed by atoms with Gasteiger partial charge in [0.25, 0.3) is 0 Å². The molecule has 6 atom stereocenters. The Balaban J connectivity index is 1.71. The topological polar surface area (TPSA) is 123 Å². The van der Waals surface area contributed by atoms with Crippen molar-refractivity contribution < 1.29 is 9.59 Å². The quantitative estimate of drug-likeness (QED) is 0.452. The Morgan fingerprint density at radius 3 is 2.58 bits per heavy atom. The van der Waals surface area contributed by atoms with Gasteiger partial charge in [0, 0.05) is 12.2 Å². The highest BCUT2D eigenvalue weighted by Crippen LogP contribution is 2.45. The van der Waals surface area contributed by atoms with E-state index >= 15 is 0 Å². The number of rotatable bonds is 9. The van der Waals surface area contributed by atoms with E-state index in [1.54, 1.807) is 6.07 Å². The first-order chi connectivity index (χ1) is 15.8. The SMILES string of the molecule is CCC(C)[C@@H](N)C(=O)N[C@@H](CC1CCCC2CCCCC21)C(=O)NCc1ccc(N)nc1C. The number of nitrogen functional groups attached to an aromatic ring is 1. The Kier molecular flexibility index (Phi) is 9.12. The van der Waals surface area contributed by atoms with Gasteiger partial charge in [-0.25, -0.2) is 4.98 Å². The summed E-state index contributed by atoms with van der Waals surface area (Å²) >= 11 is 0. The summed E-state index contributed by atoms with van der Waals surface area (Å²) in [6, 6.07) is 2.45. The Morgan fingerprint density at radius 1 is 1.12 bits per heavy atom. The fourth-order valence-corrected chi connectivity index (χ4v) is 5.78. The lowest BCUT2D eigenvalue weighted by Crippen LogP contribution is -2.54. The van der Waals surface area contributed by atoms with Crippen molar-refractivity contribution in [2.75, 3.05) is 5.73 Å². The minimum atomic E-state index is -0.609. The molecule has 2 aliphatic rings. The van der Waals surface area contributed by atoms with E-state index in [-0.39, 0.29) is 17.7 Å². The van der Waals surface area contributed by atoms with Gasteiger partial charge in [0.15, 0.2) is 0 Å². The van der Waals surface area contributed by atoms with Gasteiger partial charge < -0.3 is 22.1 Å². The van der Waals surface area contributed by atoms with E-state index in [0.29, 0.717) is 30.6 Å². The number of nitrogens with zero attached hydrogens (tertiary/aromatic N) is 1.